The van der Waals surface area contributed by atoms with Crippen LogP contribution in [0.4, 0.5) is 4.79 Å². The fourth-order valence-corrected chi connectivity index (χ4v) is 4.50. The average molecular weight is 440 g/mol. The smallest absolute Gasteiger partial charge is 0.472 e. The van der Waals surface area contributed by atoms with Gasteiger partial charge >= 0.3 is 6.16 Å². The summed E-state index contributed by atoms with van der Waals surface area (Å²) in [5, 5.41) is 0. The first-order valence-corrected chi connectivity index (χ1v) is 9.93. The molecule has 4 rings (SSSR count). The van der Waals surface area contributed by atoms with Crippen LogP contribution >= 0.6 is 15.9 Å². The molecule has 2 aliphatic rings. The van der Waals surface area contributed by atoms with Crippen LogP contribution in [0, 0.1) is 6.08 Å². The van der Waals surface area contributed by atoms with Gasteiger partial charge in [0.2, 0.25) is 5.60 Å². The summed E-state index contributed by atoms with van der Waals surface area (Å²) in [6, 6.07) is 20.0. The van der Waals surface area contributed by atoms with E-state index in [1.165, 1.54) is 0 Å². The number of carbonyl (C=O) groups excluding carboxylic acids is 1. The molecule has 1 radical (unpaired) electrons. The van der Waals surface area contributed by atoms with Crippen LogP contribution in [0.5, 0.6) is 0 Å². The van der Waals surface area contributed by atoms with Crippen LogP contribution in [0.1, 0.15) is 25.0 Å². The van der Waals surface area contributed by atoms with Crippen LogP contribution in [0.15, 0.2) is 78.1 Å². The third-order valence-corrected chi connectivity index (χ3v) is 5.94. The van der Waals surface area contributed by atoms with E-state index in [2.05, 4.69) is 22.0 Å². The number of halogens is 1. The van der Waals surface area contributed by atoms with Gasteiger partial charge in [-0.1, -0.05) is 76.6 Å². The fourth-order valence-electron chi connectivity index (χ4n) is 3.47. The number of hydrogen-bond acceptors (Lipinski definition) is 4. The fraction of sp³-hybridized carbons (Fsp3) is 0.261. The Morgan fingerprint density at radius 3 is 2.29 bits per heavy atom. The van der Waals surface area contributed by atoms with Crippen LogP contribution in [0.2, 0.25) is 0 Å². The van der Waals surface area contributed by atoms with E-state index < -0.39 is 16.1 Å². The Kier molecular flexibility index (Phi) is 4.79. The molecule has 1 aliphatic carbocycles. The number of benzene rings is 2. The maximum atomic E-state index is 11.8. The quantitative estimate of drug-likeness (QED) is 0.355. The van der Waals surface area contributed by atoms with E-state index in [9.17, 15) is 4.79 Å². The van der Waals surface area contributed by atoms with Crippen molar-refractivity contribution in [2.24, 2.45) is 0 Å². The van der Waals surface area contributed by atoms with Crippen molar-refractivity contribution in [3.63, 3.8) is 0 Å². The molecule has 0 bridgehead atoms. The van der Waals surface area contributed by atoms with E-state index in [1.54, 1.807) is 13.8 Å². The van der Waals surface area contributed by atoms with Gasteiger partial charge < -0.3 is 14.2 Å². The molecule has 1 fully saturated rings. The van der Waals surface area contributed by atoms with Crippen molar-refractivity contribution >= 4 is 22.1 Å². The molecule has 2 aromatic rings. The van der Waals surface area contributed by atoms with Gasteiger partial charge in [0, 0.05) is 5.56 Å². The van der Waals surface area contributed by atoms with Crippen molar-refractivity contribution in [1.82, 2.24) is 0 Å². The molecule has 0 spiro atoms. The van der Waals surface area contributed by atoms with Gasteiger partial charge in [-0.3, -0.25) is 0 Å². The molecular formula is C23H20BrO4. The van der Waals surface area contributed by atoms with E-state index in [0.717, 1.165) is 22.5 Å². The number of fused-ring (bicyclic) bond motifs is 1. The first kappa shape index (κ1) is 18.8. The van der Waals surface area contributed by atoms with Gasteiger partial charge in [-0.05, 0) is 37.1 Å². The van der Waals surface area contributed by atoms with Crippen molar-refractivity contribution in [3.8, 4) is 0 Å². The number of ether oxygens (including phenoxy) is 3. The molecule has 4 nitrogen and oxygen atoms in total. The minimum absolute atomic E-state index is 0.0590. The summed E-state index contributed by atoms with van der Waals surface area (Å²) in [5.41, 5.74) is 2.09. The van der Waals surface area contributed by atoms with E-state index in [-0.39, 0.29) is 12.7 Å². The SMILES string of the molecule is CC(C)OC(=O)OCC1=[C]C(Br)(c2ccccc2)C2(c3ccccc3)OC2=C1. The van der Waals surface area contributed by atoms with E-state index in [1.807, 2.05) is 66.7 Å². The number of carbonyl (C=O) groups is 1. The Morgan fingerprint density at radius 1 is 1.07 bits per heavy atom. The van der Waals surface area contributed by atoms with Crippen LogP contribution in [-0.4, -0.2) is 18.9 Å². The molecule has 2 aromatic carbocycles. The lowest BCUT2D eigenvalue weighted by Crippen LogP contribution is -2.35. The molecule has 2 unspecified atom stereocenters. The standard InChI is InChI=1S/C23H20BrO4/c1-16(2)27-21(25)26-15-17-13-20-23(28-20,19-11-7-4-8-12-19)22(24,14-17)18-9-5-3-6-10-18/h3-13,16H,15H2,1-2H3. The lowest BCUT2D eigenvalue weighted by Gasteiger charge is -2.32. The lowest BCUT2D eigenvalue weighted by atomic mass is 9.76. The second-order valence-electron chi connectivity index (χ2n) is 7.04. The Morgan fingerprint density at radius 2 is 1.68 bits per heavy atom. The maximum absolute atomic E-state index is 11.8. The van der Waals surface area contributed by atoms with Crippen LogP contribution in [0.3, 0.4) is 0 Å². The van der Waals surface area contributed by atoms with E-state index in [4.69, 9.17) is 14.2 Å². The van der Waals surface area contributed by atoms with Crippen molar-refractivity contribution in [2.75, 3.05) is 6.61 Å². The molecule has 1 saturated heterocycles. The predicted octanol–water partition coefficient (Wildman–Crippen LogP) is 5.39. The van der Waals surface area contributed by atoms with Gasteiger partial charge in [0.15, 0.2) is 0 Å². The minimum Gasteiger partial charge on any atom is -0.472 e. The number of rotatable bonds is 5. The van der Waals surface area contributed by atoms with Gasteiger partial charge in [0.05, 0.1) is 6.10 Å². The lowest BCUT2D eigenvalue weighted by molar-refractivity contribution is 0.0402. The second-order valence-corrected chi connectivity index (χ2v) is 8.23. The summed E-state index contributed by atoms with van der Waals surface area (Å²) in [7, 11) is 0. The molecular weight excluding hydrogens is 420 g/mol. The van der Waals surface area contributed by atoms with Crippen molar-refractivity contribution in [2.45, 2.75) is 29.9 Å². The molecule has 0 amide bonds. The molecule has 0 saturated carbocycles. The van der Waals surface area contributed by atoms with Crippen molar-refractivity contribution in [1.29, 1.82) is 0 Å². The molecule has 5 heteroatoms. The van der Waals surface area contributed by atoms with Crippen molar-refractivity contribution < 1.29 is 19.0 Å². The zero-order chi connectivity index (χ0) is 19.8. The maximum Gasteiger partial charge on any atom is 0.508 e. The van der Waals surface area contributed by atoms with Gasteiger partial charge in [-0.2, -0.15) is 0 Å². The van der Waals surface area contributed by atoms with E-state index >= 15 is 0 Å². The monoisotopic (exact) mass is 439 g/mol. The van der Waals surface area contributed by atoms with Crippen LogP contribution < -0.4 is 0 Å². The normalized spacial score (nSPS) is 25.1. The molecule has 0 aromatic heterocycles. The average Bonchev–Trinajstić information content (AvgIpc) is 3.44. The third kappa shape index (κ3) is 3.14. The first-order chi connectivity index (χ1) is 13.5. The summed E-state index contributed by atoms with van der Waals surface area (Å²) in [5.74, 6) is 0.814. The highest BCUT2D eigenvalue weighted by molar-refractivity contribution is 9.09. The molecule has 143 valence electrons. The Bertz CT molecular complexity index is 936. The molecule has 28 heavy (non-hydrogen) atoms. The zero-order valence-electron chi connectivity index (χ0n) is 15.6. The van der Waals surface area contributed by atoms with Gasteiger partial charge in [-0.25, -0.2) is 4.79 Å². The van der Waals surface area contributed by atoms with Gasteiger partial charge in [0.1, 0.15) is 16.7 Å². The summed E-state index contributed by atoms with van der Waals surface area (Å²) in [6.07, 6.45) is 4.45. The number of alkyl halides is 1. The predicted molar refractivity (Wildman–Crippen MR) is 109 cm³/mol. The minimum atomic E-state index is -0.743. The number of hydrogen-bond donors (Lipinski definition) is 0. The Labute approximate surface area is 172 Å². The molecule has 1 aliphatic heterocycles. The highest BCUT2D eigenvalue weighted by Crippen LogP contribution is 2.67. The van der Waals surface area contributed by atoms with Crippen molar-refractivity contribution in [3.05, 3.63) is 95.3 Å². The first-order valence-electron chi connectivity index (χ1n) is 9.14. The second kappa shape index (κ2) is 7.13. The molecule has 1 heterocycles. The zero-order valence-corrected chi connectivity index (χ0v) is 17.2. The van der Waals surface area contributed by atoms with E-state index in [0.29, 0.717) is 0 Å². The highest BCUT2D eigenvalue weighted by Gasteiger charge is 2.69. The summed E-state index contributed by atoms with van der Waals surface area (Å²) in [4.78, 5) is 11.8. The van der Waals surface area contributed by atoms with Gasteiger partial charge in [-0.15, -0.1) is 0 Å². The van der Waals surface area contributed by atoms with Crippen LogP contribution in [0.25, 0.3) is 0 Å². The van der Waals surface area contributed by atoms with Gasteiger partial charge in [0.25, 0.3) is 0 Å². The molecule has 2 atom stereocenters. The molecule has 0 N–H and O–H groups in total. The largest absolute Gasteiger partial charge is 0.508 e. The third-order valence-electron chi connectivity index (χ3n) is 4.72. The van der Waals surface area contributed by atoms with Crippen LogP contribution in [-0.2, 0) is 24.1 Å². The number of epoxide rings is 1. The summed E-state index contributed by atoms with van der Waals surface area (Å²) >= 11 is 3.92. The Hall–Kier alpha value is -2.53. The topological polar surface area (TPSA) is 48.1 Å². The summed E-state index contributed by atoms with van der Waals surface area (Å²) < 4.78 is 15.7. The summed E-state index contributed by atoms with van der Waals surface area (Å²) in [6.45, 7) is 3.62. The highest BCUT2D eigenvalue weighted by atomic mass is 79.9. The Balaban J connectivity index is 1.69.